The molecule has 2 aliphatic heterocycles. The van der Waals surface area contributed by atoms with Crippen LogP contribution >= 0.6 is 0 Å². The van der Waals surface area contributed by atoms with E-state index < -0.39 is 11.8 Å². The number of piperidine rings is 1. The molecule has 3 fully saturated rings. The largest absolute Gasteiger partial charge is 0.417 e. The van der Waals surface area contributed by atoms with Crippen molar-refractivity contribution >= 4 is 5.91 Å². The van der Waals surface area contributed by atoms with Crippen LogP contribution in [0.2, 0.25) is 0 Å². The topological polar surface area (TPSA) is 50.4 Å². The quantitative estimate of drug-likeness (QED) is 0.834. The predicted molar refractivity (Wildman–Crippen MR) is 78.9 cm³/mol. The lowest BCUT2D eigenvalue weighted by atomic mass is 9.81. The summed E-state index contributed by atoms with van der Waals surface area (Å²) in [5, 5.41) is 6.47. The van der Waals surface area contributed by atoms with E-state index in [-0.39, 0.29) is 30.7 Å². The zero-order chi connectivity index (χ0) is 16.7. The van der Waals surface area contributed by atoms with Crippen molar-refractivity contribution in [3.05, 3.63) is 0 Å². The highest BCUT2D eigenvalue weighted by Crippen LogP contribution is 2.44. The molecule has 1 saturated carbocycles. The summed E-state index contributed by atoms with van der Waals surface area (Å²) in [7, 11) is 1.12. The number of amides is 1. The van der Waals surface area contributed by atoms with Crippen molar-refractivity contribution in [3.8, 4) is 0 Å². The van der Waals surface area contributed by atoms with E-state index in [0.717, 1.165) is 32.8 Å². The van der Waals surface area contributed by atoms with E-state index in [4.69, 9.17) is 4.74 Å². The number of alkyl halides is 3. The molecular weight excluding hydrogens is 309 g/mol. The molecular formula is C16H25F3N2O2. The molecule has 0 aromatic carbocycles. The highest BCUT2D eigenvalue weighted by Gasteiger charge is 2.56. The zero-order valence-electron chi connectivity index (χ0n) is 13.4. The summed E-state index contributed by atoms with van der Waals surface area (Å²) >= 11 is 0. The van der Waals surface area contributed by atoms with Gasteiger partial charge in [0, 0.05) is 31.2 Å². The van der Waals surface area contributed by atoms with E-state index in [1.54, 1.807) is 0 Å². The monoisotopic (exact) mass is 334 g/mol. The maximum Gasteiger partial charge on any atom is 0.417 e. The van der Waals surface area contributed by atoms with Crippen LogP contribution < -0.4 is 10.6 Å². The summed E-state index contributed by atoms with van der Waals surface area (Å²) in [6.07, 6.45) is 0.0441. The van der Waals surface area contributed by atoms with E-state index in [9.17, 15) is 18.0 Å². The number of hydrogen-bond donors (Lipinski definition) is 2. The third kappa shape index (κ3) is 3.36. The smallest absolute Gasteiger partial charge is 0.369 e. The molecule has 2 atom stereocenters. The van der Waals surface area contributed by atoms with Crippen LogP contribution in [0, 0.1) is 5.92 Å². The number of nitrogens with one attached hydrogen (secondary N) is 2. The van der Waals surface area contributed by atoms with Crippen LogP contribution in [0.15, 0.2) is 0 Å². The first kappa shape index (κ1) is 17.0. The minimum atomic E-state index is -4.36. The third-order valence-electron chi connectivity index (χ3n) is 5.89. The van der Waals surface area contributed by atoms with Crippen molar-refractivity contribution < 1.29 is 22.7 Å². The minimum absolute atomic E-state index is 0.00507. The number of hydrogen-bond acceptors (Lipinski definition) is 3. The molecule has 0 spiro atoms. The lowest BCUT2D eigenvalue weighted by molar-refractivity contribution is -0.280. The van der Waals surface area contributed by atoms with Gasteiger partial charge in [-0.05, 0) is 51.4 Å². The number of carbonyl (C=O) groups excluding carboxylic acids is 1. The van der Waals surface area contributed by atoms with E-state index in [0.29, 0.717) is 24.9 Å². The molecule has 2 heterocycles. The van der Waals surface area contributed by atoms with Crippen LogP contribution in [0.4, 0.5) is 13.2 Å². The van der Waals surface area contributed by atoms with E-state index >= 15 is 0 Å². The molecule has 3 aliphatic rings. The summed E-state index contributed by atoms with van der Waals surface area (Å²) in [5.41, 5.74) is -2.04. The van der Waals surface area contributed by atoms with Gasteiger partial charge in [-0.15, -0.1) is 0 Å². The highest BCUT2D eigenvalue weighted by molar-refractivity contribution is 5.79. The van der Waals surface area contributed by atoms with Gasteiger partial charge in [0.25, 0.3) is 0 Å². The fraction of sp³-hybridized carbons (Fsp3) is 0.938. The summed E-state index contributed by atoms with van der Waals surface area (Å²) in [6, 6.07) is 0.699. The predicted octanol–water partition coefficient (Wildman–Crippen LogP) is 2.52. The lowest BCUT2D eigenvalue weighted by Gasteiger charge is -2.40. The van der Waals surface area contributed by atoms with Gasteiger partial charge in [-0.3, -0.25) is 4.79 Å². The Balaban J connectivity index is 1.51. The SMILES string of the molecule is COC1(C(F)(F)F)CCC(NC(=O)C2CC3CCC(C2)N3)CC1. The third-order valence-corrected chi connectivity index (χ3v) is 5.89. The molecule has 2 saturated heterocycles. The summed E-state index contributed by atoms with van der Waals surface area (Å²) in [5.74, 6) is 0.0239. The second kappa shape index (κ2) is 6.24. The van der Waals surface area contributed by atoms with Crippen molar-refractivity contribution in [3.63, 3.8) is 0 Å². The summed E-state index contributed by atoms with van der Waals surface area (Å²) in [4.78, 5) is 12.4. The van der Waals surface area contributed by atoms with Gasteiger partial charge >= 0.3 is 6.18 Å². The average molecular weight is 334 g/mol. The van der Waals surface area contributed by atoms with Crippen molar-refractivity contribution in [1.29, 1.82) is 0 Å². The standard InChI is InChI=1S/C16H25F3N2O2/c1-23-15(16(17,18)19)6-4-11(5-7-15)21-14(22)10-8-12-2-3-13(9-10)20-12/h10-13,20H,2-9H2,1H3,(H,21,22). The van der Waals surface area contributed by atoms with Crippen molar-refractivity contribution in [2.24, 2.45) is 5.92 Å². The van der Waals surface area contributed by atoms with Gasteiger partial charge in [0.1, 0.15) is 0 Å². The molecule has 1 amide bonds. The molecule has 2 N–H and O–H groups in total. The van der Waals surface area contributed by atoms with Gasteiger partial charge in [-0.25, -0.2) is 0 Å². The Kier molecular flexibility index (Phi) is 4.62. The molecule has 132 valence electrons. The van der Waals surface area contributed by atoms with Crippen LogP contribution in [0.3, 0.4) is 0 Å². The van der Waals surface area contributed by atoms with Gasteiger partial charge in [0.05, 0.1) is 0 Å². The first-order valence-electron chi connectivity index (χ1n) is 8.51. The molecule has 0 aromatic rings. The molecule has 7 heteroatoms. The second-order valence-corrected chi connectivity index (χ2v) is 7.29. The van der Waals surface area contributed by atoms with Crippen LogP contribution in [0.25, 0.3) is 0 Å². The molecule has 2 bridgehead atoms. The van der Waals surface area contributed by atoms with E-state index in [2.05, 4.69) is 10.6 Å². The van der Waals surface area contributed by atoms with Crippen molar-refractivity contribution in [2.45, 2.75) is 81.3 Å². The summed E-state index contributed by atoms with van der Waals surface area (Å²) in [6.45, 7) is 0. The van der Waals surface area contributed by atoms with Crippen LogP contribution in [0.1, 0.15) is 51.4 Å². The average Bonchev–Trinajstić information content (AvgIpc) is 2.85. The van der Waals surface area contributed by atoms with Gasteiger partial charge in [-0.2, -0.15) is 13.2 Å². The molecule has 3 rings (SSSR count). The van der Waals surface area contributed by atoms with Gasteiger partial charge in [0.15, 0.2) is 5.60 Å². The lowest BCUT2D eigenvalue weighted by Crippen LogP contribution is -2.53. The van der Waals surface area contributed by atoms with Crippen LogP contribution in [-0.4, -0.2) is 42.9 Å². The van der Waals surface area contributed by atoms with E-state index in [1.807, 2.05) is 0 Å². The molecule has 4 nitrogen and oxygen atoms in total. The zero-order valence-corrected chi connectivity index (χ0v) is 13.4. The highest BCUT2D eigenvalue weighted by atomic mass is 19.4. The minimum Gasteiger partial charge on any atom is -0.369 e. The molecule has 0 radical (unpaired) electrons. The van der Waals surface area contributed by atoms with Crippen molar-refractivity contribution in [1.82, 2.24) is 10.6 Å². The second-order valence-electron chi connectivity index (χ2n) is 7.29. The first-order chi connectivity index (χ1) is 10.8. The van der Waals surface area contributed by atoms with Gasteiger partial charge < -0.3 is 15.4 Å². The Labute approximate surface area is 134 Å². The molecule has 23 heavy (non-hydrogen) atoms. The number of fused-ring (bicyclic) bond motifs is 2. The Morgan fingerprint density at radius 2 is 1.70 bits per heavy atom. The number of rotatable bonds is 3. The van der Waals surface area contributed by atoms with Gasteiger partial charge in [-0.1, -0.05) is 0 Å². The number of halogens is 3. The molecule has 0 aromatic heterocycles. The first-order valence-corrected chi connectivity index (χ1v) is 8.51. The Morgan fingerprint density at radius 3 is 2.17 bits per heavy atom. The normalized spacial score (nSPS) is 40.9. The van der Waals surface area contributed by atoms with Gasteiger partial charge in [0.2, 0.25) is 5.91 Å². The number of ether oxygens (including phenoxy) is 1. The number of methoxy groups -OCH3 is 1. The fourth-order valence-electron chi connectivity index (χ4n) is 4.42. The maximum absolute atomic E-state index is 13.2. The maximum atomic E-state index is 13.2. The van der Waals surface area contributed by atoms with Crippen LogP contribution in [-0.2, 0) is 9.53 Å². The van der Waals surface area contributed by atoms with Crippen LogP contribution in [0.5, 0.6) is 0 Å². The van der Waals surface area contributed by atoms with Crippen molar-refractivity contribution in [2.75, 3.05) is 7.11 Å². The summed E-state index contributed by atoms with van der Waals surface area (Å²) < 4.78 is 44.3. The fourth-order valence-corrected chi connectivity index (χ4v) is 4.42. The van der Waals surface area contributed by atoms with E-state index in [1.165, 1.54) is 0 Å². The molecule has 2 unspecified atom stereocenters. The Morgan fingerprint density at radius 1 is 1.13 bits per heavy atom. The Bertz CT molecular complexity index is 435. The molecule has 1 aliphatic carbocycles. The Hall–Kier alpha value is -0.820. The number of carbonyl (C=O) groups is 1.